The van der Waals surface area contributed by atoms with Gasteiger partial charge >= 0.3 is 5.97 Å². The van der Waals surface area contributed by atoms with Crippen molar-refractivity contribution in [1.29, 1.82) is 0 Å². The molecule has 0 fully saturated rings. The monoisotopic (exact) mass is 280 g/mol. The average Bonchev–Trinajstić information content (AvgIpc) is 2.77. The van der Waals surface area contributed by atoms with Gasteiger partial charge in [-0.25, -0.2) is 4.98 Å². The van der Waals surface area contributed by atoms with Crippen LogP contribution in [0, 0.1) is 0 Å². The van der Waals surface area contributed by atoms with E-state index in [1.54, 1.807) is 24.1 Å². The Balaban J connectivity index is 2.06. The molecule has 0 amide bonds. The number of rotatable bonds is 5. The average molecular weight is 281 g/mol. The van der Waals surface area contributed by atoms with Crippen molar-refractivity contribution in [2.75, 3.05) is 13.6 Å². The molecule has 2 rings (SSSR count). The van der Waals surface area contributed by atoms with Crippen LogP contribution in [-0.2, 0) is 11.3 Å². The highest BCUT2D eigenvalue weighted by atomic mass is 35.5. The van der Waals surface area contributed by atoms with E-state index < -0.39 is 5.97 Å². The van der Waals surface area contributed by atoms with Crippen LogP contribution in [0.25, 0.3) is 11.5 Å². The van der Waals surface area contributed by atoms with Crippen LogP contribution in [0.15, 0.2) is 34.9 Å². The summed E-state index contributed by atoms with van der Waals surface area (Å²) in [4.78, 5) is 16.5. The van der Waals surface area contributed by atoms with Crippen LogP contribution in [-0.4, -0.2) is 34.6 Å². The lowest BCUT2D eigenvalue weighted by molar-refractivity contribution is -0.138. The molecule has 1 N–H and O–H groups in total. The smallest absolute Gasteiger partial charge is 0.317 e. The van der Waals surface area contributed by atoms with Gasteiger partial charge in [-0.2, -0.15) is 0 Å². The highest BCUT2D eigenvalue weighted by molar-refractivity contribution is 6.30. The number of carbonyl (C=O) groups is 1. The van der Waals surface area contributed by atoms with Gasteiger partial charge in [-0.15, -0.1) is 0 Å². The number of hydrogen-bond donors (Lipinski definition) is 1. The number of aromatic nitrogens is 1. The van der Waals surface area contributed by atoms with Crippen LogP contribution in [0.2, 0.25) is 5.02 Å². The van der Waals surface area contributed by atoms with E-state index in [1.807, 2.05) is 12.1 Å². The van der Waals surface area contributed by atoms with Crippen LogP contribution in [0.5, 0.6) is 0 Å². The molecular weight excluding hydrogens is 268 g/mol. The Morgan fingerprint density at radius 3 is 2.74 bits per heavy atom. The molecule has 5 nitrogen and oxygen atoms in total. The minimum absolute atomic E-state index is 0.0386. The summed E-state index contributed by atoms with van der Waals surface area (Å²) in [5, 5.41) is 9.32. The molecule has 19 heavy (non-hydrogen) atoms. The first kappa shape index (κ1) is 13.6. The zero-order valence-electron chi connectivity index (χ0n) is 10.3. The van der Waals surface area contributed by atoms with Gasteiger partial charge in [0.25, 0.3) is 0 Å². The van der Waals surface area contributed by atoms with Gasteiger partial charge in [-0.3, -0.25) is 9.69 Å². The highest BCUT2D eigenvalue weighted by Crippen LogP contribution is 2.21. The summed E-state index contributed by atoms with van der Waals surface area (Å²) < 4.78 is 5.37. The van der Waals surface area contributed by atoms with Crippen molar-refractivity contribution in [3.8, 4) is 11.5 Å². The van der Waals surface area contributed by atoms with Gasteiger partial charge in [0.1, 0.15) is 6.26 Å². The summed E-state index contributed by atoms with van der Waals surface area (Å²) in [6.45, 7) is 0.381. The fourth-order valence-electron chi connectivity index (χ4n) is 1.67. The zero-order valence-corrected chi connectivity index (χ0v) is 11.1. The van der Waals surface area contributed by atoms with E-state index in [0.717, 1.165) is 5.56 Å². The summed E-state index contributed by atoms with van der Waals surface area (Å²) in [7, 11) is 1.71. The normalized spacial score (nSPS) is 10.9. The molecule has 0 aliphatic carbocycles. The molecule has 0 spiro atoms. The van der Waals surface area contributed by atoms with E-state index in [0.29, 0.717) is 23.2 Å². The molecule has 0 saturated heterocycles. The van der Waals surface area contributed by atoms with Crippen molar-refractivity contribution in [3.63, 3.8) is 0 Å². The number of carboxylic acids is 1. The third kappa shape index (κ3) is 3.81. The third-order valence-electron chi connectivity index (χ3n) is 2.48. The Hall–Kier alpha value is -1.85. The molecule has 6 heteroatoms. The van der Waals surface area contributed by atoms with Crippen molar-refractivity contribution in [1.82, 2.24) is 9.88 Å². The quantitative estimate of drug-likeness (QED) is 0.911. The van der Waals surface area contributed by atoms with E-state index in [-0.39, 0.29) is 6.54 Å². The first-order valence-electron chi connectivity index (χ1n) is 5.65. The molecule has 0 aliphatic heterocycles. The van der Waals surface area contributed by atoms with E-state index >= 15 is 0 Å². The topological polar surface area (TPSA) is 66.6 Å². The molecule has 1 aromatic carbocycles. The first-order chi connectivity index (χ1) is 9.04. The number of likely N-dealkylation sites (N-methyl/N-ethyl adjacent to an activating group) is 1. The molecular formula is C13H13ClN2O3. The molecule has 0 saturated carbocycles. The predicted molar refractivity (Wildman–Crippen MR) is 70.9 cm³/mol. The Morgan fingerprint density at radius 2 is 2.11 bits per heavy atom. The lowest BCUT2D eigenvalue weighted by Crippen LogP contribution is -2.25. The van der Waals surface area contributed by atoms with Gasteiger partial charge in [-0.05, 0) is 31.3 Å². The number of nitrogens with zero attached hydrogens (tertiary/aromatic N) is 2. The maximum atomic E-state index is 10.6. The molecule has 0 bridgehead atoms. The summed E-state index contributed by atoms with van der Waals surface area (Å²) in [6.07, 6.45) is 1.53. The van der Waals surface area contributed by atoms with Crippen molar-refractivity contribution in [2.45, 2.75) is 6.54 Å². The number of halogens is 1. The fraction of sp³-hybridized carbons (Fsp3) is 0.231. The van der Waals surface area contributed by atoms with Gasteiger partial charge in [0.2, 0.25) is 5.89 Å². The van der Waals surface area contributed by atoms with Gasteiger partial charge in [0.15, 0.2) is 0 Å². The van der Waals surface area contributed by atoms with E-state index in [4.69, 9.17) is 21.1 Å². The van der Waals surface area contributed by atoms with Gasteiger partial charge < -0.3 is 9.52 Å². The van der Waals surface area contributed by atoms with E-state index in [2.05, 4.69) is 4.98 Å². The lowest BCUT2D eigenvalue weighted by atomic mass is 10.2. The molecule has 1 aromatic heterocycles. The van der Waals surface area contributed by atoms with Crippen molar-refractivity contribution in [3.05, 3.63) is 41.2 Å². The Bertz CT molecular complexity index is 566. The zero-order chi connectivity index (χ0) is 13.8. The van der Waals surface area contributed by atoms with E-state index in [1.165, 1.54) is 6.26 Å². The van der Waals surface area contributed by atoms with Crippen molar-refractivity contribution >= 4 is 17.6 Å². The first-order valence-corrected chi connectivity index (χ1v) is 6.03. The van der Waals surface area contributed by atoms with Crippen LogP contribution in [0.3, 0.4) is 0 Å². The molecule has 0 aliphatic rings. The third-order valence-corrected chi connectivity index (χ3v) is 2.73. The number of aliphatic carboxylic acids is 1. The molecule has 0 radical (unpaired) electrons. The predicted octanol–water partition coefficient (Wildman–Crippen LogP) is 2.51. The fourth-order valence-corrected chi connectivity index (χ4v) is 1.79. The summed E-state index contributed by atoms with van der Waals surface area (Å²) >= 11 is 5.81. The standard InChI is InChI=1S/C13H13ClN2O3/c1-16(7-12(17)18)6-11-8-19-13(15-11)9-2-4-10(14)5-3-9/h2-5,8H,6-7H2,1H3,(H,17,18). The second kappa shape index (κ2) is 5.86. The maximum Gasteiger partial charge on any atom is 0.317 e. The Morgan fingerprint density at radius 1 is 1.42 bits per heavy atom. The number of hydrogen-bond acceptors (Lipinski definition) is 4. The van der Waals surface area contributed by atoms with Crippen LogP contribution < -0.4 is 0 Å². The van der Waals surface area contributed by atoms with Gasteiger partial charge in [-0.1, -0.05) is 11.6 Å². The summed E-state index contributed by atoms with van der Waals surface area (Å²) in [5.74, 6) is -0.376. The lowest BCUT2D eigenvalue weighted by Gasteiger charge is -2.10. The highest BCUT2D eigenvalue weighted by Gasteiger charge is 2.10. The summed E-state index contributed by atoms with van der Waals surface area (Å²) in [6, 6.07) is 7.16. The summed E-state index contributed by atoms with van der Waals surface area (Å²) in [5.41, 5.74) is 1.52. The van der Waals surface area contributed by atoms with Crippen LogP contribution >= 0.6 is 11.6 Å². The number of carboxylic acid groups (broad SMARTS) is 1. The second-order valence-electron chi connectivity index (χ2n) is 4.22. The van der Waals surface area contributed by atoms with Crippen molar-refractivity contribution in [2.24, 2.45) is 0 Å². The SMILES string of the molecule is CN(CC(=O)O)Cc1coc(-c2ccc(Cl)cc2)n1. The van der Waals surface area contributed by atoms with Gasteiger partial charge in [0.05, 0.1) is 12.2 Å². The number of oxazole rings is 1. The minimum atomic E-state index is -0.871. The van der Waals surface area contributed by atoms with Gasteiger partial charge in [0, 0.05) is 17.1 Å². The molecule has 2 aromatic rings. The Labute approximate surface area is 115 Å². The molecule has 1 heterocycles. The second-order valence-corrected chi connectivity index (χ2v) is 4.65. The largest absolute Gasteiger partial charge is 0.480 e. The van der Waals surface area contributed by atoms with Crippen molar-refractivity contribution < 1.29 is 14.3 Å². The minimum Gasteiger partial charge on any atom is -0.480 e. The van der Waals surface area contributed by atoms with Crippen LogP contribution in [0.4, 0.5) is 0 Å². The molecule has 0 atom stereocenters. The number of benzene rings is 1. The maximum absolute atomic E-state index is 10.6. The van der Waals surface area contributed by atoms with Crippen LogP contribution in [0.1, 0.15) is 5.69 Å². The molecule has 100 valence electrons. The van der Waals surface area contributed by atoms with E-state index in [9.17, 15) is 4.79 Å². The Kier molecular flexibility index (Phi) is 4.19. The molecule has 0 unspecified atom stereocenters.